The third-order valence-corrected chi connectivity index (χ3v) is 6.88. The number of aryl methyl sites for hydroxylation is 2. The number of amides is 1. The Balaban J connectivity index is 2.16. The summed E-state index contributed by atoms with van der Waals surface area (Å²) in [6.07, 6.45) is 0. The first-order valence-corrected chi connectivity index (χ1v) is 10.5. The van der Waals surface area contributed by atoms with Crippen LogP contribution in [-0.2, 0) is 21.4 Å². The lowest BCUT2D eigenvalue weighted by Gasteiger charge is -2.19. The van der Waals surface area contributed by atoms with Gasteiger partial charge in [-0.3, -0.25) is 4.79 Å². The van der Waals surface area contributed by atoms with Crippen molar-refractivity contribution in [2.75, 3.05) is 0 Å². The van der Waals surface area contributed by atoms with Gasteiger partial charge in [-0.25, -0.2) is 8.42 Å². The van der Waals surface area contributed by atoms with Gasteiger partial charge in [-0.05, 0) is 68.5 Å². The van der Waals surface area contributed by atoms with E-state index in [4.69, 9.17) is 11.6 Å². The fourth-order valence-corrected chi connectivity index (χ4v) is 4.93. The standard InChI is InChI=1S/C20H25ClN2O3S/c1-12-10-13(2)15(4)19(14(12)3)27(25,26)23-16(5)20(24)22-11-17-8-6-7-9-18(17)21/h6-10,16,23H,11H2,1-5H3,(H,22,24)/t16-/m0/s1. The largest absolute Gasteiger partial charge is 0.351 e. The Morgan fingerprint density at radius 1 is 1.07 bits per heavy atom. The van der Waals surface area contributed by atoms with E-state index in [0.717, 1.165) is 16.7 Å². The Bertz CT molecular complexity index is 945. The lowest BCUT2D eigenvalue weighted by Crippen LogP contribution is -2.44. The van der Waals surface area contributed by atoms with E-state index in [1.54, 1.807) is 32.0 Å². The van der Waals surface area contributed by atoms with Crippen LogP contribution in [0.3, 0.4) is 0 Å². The molecule has 7 heteroatoms. The molecule has 1 amide bonds. The van der Waals surface area contributed by atoms with E-state index < -0.39 is 22.0 Å². The van der Waals surface area contributed by atoms with Crippen LogP contribution >= 0.6 is 11.6 Å². The summed E-state index contributed by atoms with van der Waals surface area (Å²) in [5, 5.41) is 3.26. The molecule has 0 heterocycles. The third-order valence-electron chi connectivity index (χ3n) is 4.70. The highest BCUT2D eigenvalue weighted by molar-refractivity contribution is 7.89. The summed E-state index contributed by atoms with van der Waals surface area (Å²) in [6.45, 7) is 9.05. The van der Waals surface area contributed by atoms with E-state index >= 15 is 0 Å². The van der Waals surface area contributed by atoms with Gasteiger partial charge in [0.25, 0.3) is 0 Å². The molecule has 5 nitrogen and oxygen atoms in total. The van der Waals surface area contributed by atoms with Gasteiger partial charge in [-0.1, -0.05) is 35.9 Å². The van der Waals surface area contributed by atoms with E-state index in [0.29, 0.717) is 16.1 Å². The minimum absolute atomic E-state index is 0.228. The van der Waals surface area contributed by atoms with Crippen molar-refractivity contribution >= 4 is 27.5 Å². The van der Waals surface area contributed by atoms with Gasteiger partial charge < -0.3 is 5.32 Å². The zero-order valence-electron chi connectivity index (χ0n) is 16.2. The zero-order chi connectivity index (χ0) is 20.4. The molecule has 146 valence electrons. The summed E-state index contributed by atoms with van der Waals surface area (Å²) >= 11 is 6.08. The second-order valence-electron chi connectivity index (χ2n) is 6.74. The molecule has 2 N–H and O–H groups in total. The molecule has 0 aliphatic rings. The maximum Gasteiger partial charge on any atom is 0.241 e. The fourth-order valence-electron chi connectivity index (χ4n) is 2.91. The Morgan fingerprint density at radius 3 is 2.19 bits per heavy atom. The second-order valence-corrected chi connectivity index (χ2v) is 8.80. The first-order valence-electron chi connectivity index (χ1n) is 8.65. The topological polar surface area (TPSA) is 75.3 Å². The molecule has 0 aliphatic carbocycles. The van der Waals surface area contributed by atoms with E-state index in [2.05, 4.69) is 10.0 Å². The molecule has 0 aromatic heterocycles. The number of nitrogens with one attached hydrogen (secondary N) is 2. The maximum absolute atomic E-state index is 12.9. The van der Waals surface area contributed by atoms with Gasteiger partial charge in [-0.15, -0.1) is 0 Å². The number of sulfonamides is 1. The predicted molar refractivity (Wildman–Crippen MR) is 108 cm³/mol. The summed E-state index contributed by atoms with van der Waals surface area (Å²) < 4.78 is 28.3. The lowest BCUT2D eigenvalue weighted by molar-refractivity contribution is -0.122. The molecule has 2 aromatic carbocycles. The van der Waals surface area contributed by atoms with Gasteiger partial charge in [0.05, 0.1) is 10.9 Å². The molecular weight excluding hydrogens is 384 g/mol. The molecule has 2 aromatic rings. The number of hydrogen-bond donors (Lipinski definition) is 2. The van der Waals surface area contributed by atoms with Crippen LogP contribution in [0.2, 0.25) is 5.02 Å². The highest BCUT2D eigenvalue weighted by Gasteiger charge is 2.26. The first-order chi connectivity index (χ1) is 12.5. The molecule has 2 rings (SSSR count). The van der Waals surface area contributed by atoms with Gasteiger partial charge in [0.2, 0.25) is 15.9 Å². The van der Waals surface area contributed by atoms with E-state index in [9.17, 15) is 13.2 Å². The molecule has 1 atom stereocenters. The third kappa shape index (κ3) is 4.89. The van der Waals surface area contributed by atoms with Gasteiger partial charge in [0.1, 0.15) is 0 Å². The predicted octanol–water partition coefficient (Wildman–Crippen LogP) is 3.56. The first kappa shape index (κ1) is 21.4. The minimum Gasteiger partial charge on any atom is -0.351 e. The summed E-state index contributed by atoms with van der Waals surface area (Å²) in [5.74, 6) is -0.418. The average molecular weight is 409 g/mol. The molecule has 0 bridgehead atoms. The van der Waals surface area contributed by atoms with Crippen molar-refractivity contribution in [2.24, 2.45) is 0 Å². The van der Waals surface area contributed by atoms with Crippen molar-refractivity contribution in [3.63, 3.8) is 0 Å². The molecule has 0 spiro atoms. The van der Waals surface area contributed by atoms with Crippen molar-refractivity contribution in [2.45, 2.75) is 52.1 Å². The summed E-state index contributed by atoms with van der Waals surface area (Å²) in [5.41, 5.74) is 3.94. The highest BCUT2D eigenvalue weighted by atomic mass is 35.5. The Hall–Kier alpha value is -1.89. The number of hydrogen-bond acceptors (Lipinski definition) is 3. The fraction of sp³-hybridized carbons (Fsp3) is 0.350. The molecule has 0 radical (unpaired) electrons. The lowest BCUT2D eigenvalue weighted by atomic mass is 10.0. The average Bonchev–Trinajstić information content (AvgIpc) is 2.58. The molecule has 0 saturated heterocycles. The Morgan fingerprint density at radius 2 is 1.63 bits per heavy atom. The van der Waals surface area contributed by atoms with E-state index in [1.807, 2.05) is 26.0 Å². The number of halogens is 1. The van der Waals surface area contributed by atoms with Crippen LogP contribution in [0.5, 0.6) is 0 Å². The summed E-state index contributed by atoms with van der Waals surface area (Å²) in [4.78, 5) is 12.6. The maximum atomic E-state index is 12.9. The van der Waals surface area contributed by atoms with Crippen molar-refractivity contribution in [3.8, 4) is 0 Å². The number of carbonyl (C=O) groups is 1. The summed E-state index contributed by atoms with van der Waals surface area (Å²) in [6, 6.07) is 8.21. The van der Waals surface area contributed by atoms with Gasteiger partial charge in [-0.2, -0.15) is 4.72 Å². The molecule has 0 saturated carbocycles. The minimum atomic E-state index is -3.84. The highest BCUT2D eigenvalue weighted by Crippen LogP contribution is 2.26. The number of benzene rings is 2. The number of rotatable bonds is 6. The molecule has 0 unspecified atom stereocenters. The van der Waals surface area contributed by atoms with Gasteiger partial charge in [0.15, 0.2) is 0 Å². The van der Waals surface area contributed by atoms with Crippen LogP contribution < -0.4 is 10.0 Å². The van der Waals surface area contributed by atoms with Crippen LogP contribution in [0.4, 0.5) is 0 Å². The summed E-state index contributed by atoms with van der Waals surface area (Å²) in [7, 11) is -3.84. The molecule has 0 aliphatic heterocycles. The van der Waals surface area contributed by atoms with Crippen molar-refractivity contribution < 1.29 is 13.2 Å². The number of carbonyl (C=O) groups excluding carboxylic acids is 1. The molecule has 27 heavy (non-hydrogen) atoms. The Kier molecular flexibility index (Phi) is 6.68. The van der Waals surface area contributed by atoms with Crippen molar-refractivity contribution in [3.05, 3.63) is 63.2 Å². The van der Waals surface area contributed by atoms with Crippen LogP contribution in [0.15, 0.2) is 35.2 Å². The van der Waals surface area contributed by atoms with Crippen molar-refractivity contribution in [1.82, 2.24) is 10.0 Å². The van der Waals surface area contributed by atoms with Gasteiger partial charge in [0, 0.05) is 11.6 Å². The second kappa shape index (κ2) is 8.42. The van der Waals surface area contributed by atoms with Crippen LogP contribution in [0, 0.1) is 27.7 Å². The molecular formula is C20H25ClN2O3S. The quantitative estimate of drug-likeness (QED) is 0.767. The van der Waals surface area contributed by atoms with Crippen LogP contribution in [-0.4, -0.2) is 20.4 Å². The smallest absolute Gasteiger partial charge is 0.241 e. The van der Waals surface area contributed by atoms with E-state index in [-0.39, 0.29) is 11.4 Å². The van der Waals surface area contributed by atoms with Crippen LogP contribution in [0.25, 0.3) is 0 Å². The van der Waals surface area contributed by atoms with Gasteiger partial charge >= 0.3 is 0 Å². The normalized spacial score (nSPS) is 12.7. The Labute approximate surface area is 166 Å². The van der Waals surface area contributed by atoms with Crippen molar-refractivity contribution in [1.29, 1.82) is 0 Å². The van der Waals surface area contributed by atoms with Crippen LogP contribution in [0.1, 0.15) is 34.7 Å². The monoisotopic (exact) mass is 408 g/mol. The van der Waals surface area contributed by atoms with E-state index in [1.165, 1.54) is 6.92 Å². The SMILES string of the molecule is Cc1cc(C)c(C)c(S(=O)(=O)N[C@@H](C)C(=O)NCc2ccccc2Cl)c1C. The zero-order valence-corrected chi connectivity index (χ0v) is 17.8. The molecule has 0 fully saturated rings.